The second-order valence-corrected chi connectivity index (χ2v) is 5.00. The average Bonchev–Trinajstić information content (AvgIpc) is 2.49. The van der Waals surface area contributed by atoms with Crippen LogP contribution in [0.3, 0.4) is 0 Å². The Morgan fingerprint density at radius 3 is 1.85 bits per heavy atom. The molecule has 0 spiro atoms. The lowest BCUT2D eigenvalue weighted by Gasteiger charge is -2.28. The van der Waals surface area contributed by atoms with Gasteiger partial charge in [0.2, 0.25) is 0 Å². The van der Waals surface area contributed by atoms with Crippen molar-refractivity contribution in [3.05, 3.63) is 71.8 Å². The largest absolute Gasteiger partial charge is 0.480 e. The Hall–Kier alpha value is -2.13. The van der Waals surface area contributed by atoms with Gasteiger partial charge in [-0.2, -0.15) is 0 Å². The normalized spacial score (nSPS) is 15.3. The van der Waals surface area contributed by atoms with Gasteiger partial charge < -0.3 is 10.8 Å². The predicted molar refractivity (Wildman–Crippen MR) is 79.7 cm³/mol. The second kappa shape index (κ2) is 6.35. The van der Waals surface area contributed by atoms with E-state index in [1.165, 1.54) is 0 Å². The number of aliphatic carboxylic acids is 1. The van der Waals surface area contributed by atoms with Gasteiger partial charge in [-0.05, 0) is 17.0 Å². The first kappa shape index (κ1) is 14.3. The van der Waals surface area contributed by atoms with E-state index in [-0.39, 0.29) is 11.8 Å². The minimum absolute atomic E-state index is 0.0321. The molecule has 2 aromatic carbocycles. The van der Waals surface area contributed by atoms with Crippen LogP contribution >= 0.6 is 0 Å². The summed E-state index contributed by atoms with van der Waals surface area (Å²) in [6.45, 7) is 2.02. The highest BCUT2D eigenvalue weighted by Crippen LogP contribution is 2.34. The lowest BCUT2D eigenvalue weighted by Crippen LogP contribution is -2.38. The molecule has 3 atom stereocenters. The van der Waals surface area contributed by atoms with Gasteiger partial charge in [-0.1, -0.05) is 67.6 Å². The maximum atomic E-state index is 11.3. The van der Waals surface area contributed by atoms with Crippen molar-refractivity contribution in [3.63, 3.8) is 0 Å². The summed E-state index contributed by atoms with van der Waals surface area (Å²) in [5.74, 6) is -1.19. The maximum Gasteiger partial charge on any atom is 0.321 e. The molecule has 0 heterocycles. The minimum atomic E-state index is -0.971. The first-order valence-corrected chi connectivity index (χ1v) is 6.69. The van der Waals surface area contributed by atoms with Gasteiger partial charge >= 0.3 is 5.97 Å². The average molecular weight is 269 g/mol. The number of rotatable bonds is 5. The Morgan fingerprint density at radius 2 is 1.40 bits per heavy atom. The molecule has 0 amide bonds. The SMILES string of the molecule is CC(c1ccccc1)C(c1ccccc1)C(N)C(=O)O. The molecular weight excluding hydrogens is 250 g/mol. The van der Waals surface area contributed by atoms with Crippen LogP contribution in [0.15, 0.2) is 60.7 Å². The highest BCUT2D eigenvalue weighted by atomic mass is 16.4. The topological polar surface area (TPSA) is 63.3 Å². The first-order chi connectivity index (χ1) is 9.61. The summed E-state index contributed by atoms with van der Waals surface area (Å²) < 4.78 is 0. The molecule has 3 heteroatoms. The first-order valence-electron chi connectivity index (χ1n) is 6.69. The third-order valence-electron chi connectivity index (χ3n) is 3.72. The standard InChI is InChI=1S/C17H19NO2/c1-12(13-8-4-2-5-9-13)15(16(18)17(19)20)14-10-6-3-7-11-14/h2-12,15-16H,18H2,1H3,(H,19,20). The fourth-order valence-corrected chi connectivity index (χ4v) is 2.60. The molecule has 3 nitrogen and oxygen atoms in total. The van der Waals surface area contributed by atoms with Crippen LogP contribution in [0.2, 0.25) is 0 Å². The molecule has 0 aliphatic rings. The van der Waals surface area contributed by atoms with Crippen LogP contribution in [0.5, 0.6) is 0 Å². The molecule has 0 fully saturated rings. The second-order valence-electron chi connectivity index (χ2n) is 5.00. The Balaban J connectivity index is 2.39. The van der Waals surface area contributed by atoms with E-state index in [4.69, 9.17) is 5.73 Å². The molecule has 2 rings (SSSR count). The third kappa shape index (κ3) is 3.06. The van der Waals surface area contributed by atoms with Crippen LogP contribution in [0, 0.1) is 0 Å². The zero-order valence-electron chi connectivity index (χ0n) is 11.4. The number of hydrogen-bond donors (Lipinski definition) is 2. The van der Waals surface area contributed by atoms with Gasteiger partial charge in [0.25, 0.3) is 0 Å². The van der Waals surface area contributed by atoms with Crippen LogP contribution in [-0.2, 0) is 4.79 Å². The van der Waals surface area contributed by atoms with Crippen molar-refractivity contribution in [3.8, 4) is 0 Å². The van der Waals surface area contributed by atoms with E-state index in [9.17, 15) is 9.90 Å². The van der Waals surface area contributed by atoms with Gasteiger partial charge in [0.15, 0.2) is 0 Å². The fourth-order valence-electron chi connectivity index (χ4n) is 2.60. The molecule has 2 aromatic rings. The van der Waals surface area contributed by atoms with Gasteiger partial charge in [-0.15, -0.1) is 0 Å². The van der Waals surface area contributed by atoms with Crippen molar-refractivity contribution in [1.82, 2.24) is 0 Å². The number of carboxylic acid groups (broad SMARTS) is 1. The maximum absolute atomic E-state index is 11.3. The molecule has 0 aliphatic carbocycles. The Labute approximate surface area is 119 Å². The van der Waals surface area contributed by atoms with Gasteiger partial charge in [0.05, 0.1) is 0 Å². The van der Waals surface area contributed by atoms with Gasteiger partial charge in [-0.25, -0.2) is 0 Å². The van der Waals surface area contributed by atoms with E-state index < -0.39 is 12.0 Å². The smallest absolute Gasteiger partial charge is 0.321 e. The number of benzene rings is 2. The molecule has 3 N–H and O–H groups in total. The highest BCUT2D eigenvalue weighted by Gasteiger charge is 2.31. The lowest BCUT2D eigenvalue weighted by molar-refractivity contribution is -0.139. The summed E-state index contributed by atoms with van der Waals surface area (Å²) >= 11 is 0. The number of carboxylic acids is 1. The van der Waals surface area contributed by atoms with E-state index in [0.717, 1.165) is 11.1 Å². The fraction of sp³-hybridized carbons (Fsp3) is 0.235. The number of nitrogens with two attached hydrogens (primary N) is 1. The van der Waals surface area contributed by atoms with E-state index in [2.05, 4.69) is 0 Å². The monoisotopic (exact) mass is 269 g/mol. The predicted octanol–water partition coefficient (Wildman–Crippen LogP) is 2.99. The molecule has 104 valence electrons. The summed E-state index contributed by atoms with van der Waals surface area (Å²) in [4.78, 5) is 11.3. The molecule has 3 unspecified atom stereocenters. The molecular formula is C17H19NO2. The number of hydrogen-bond acceptors (Lipinski definition) is 2. The van der Waals surface area contributed by atoms with Gasteiger partial charge in [0.1, 0.15) is 6.04 Å². The van der Waals surface area contributed by atoms with Crippen molar-refractivity contribution in [2.45, 2.75) is 24.8 Å². The summed E-state index contributed by atoms with van der Waals surface area (Å²) in [7, 11) is 0. The van der Waals surface area contributed by atoms with Crippen LogP contribution in [0.25, 0.3) is 0 Å². The molecule has 0 saturated heterocycles. The lowest BCUT2D eigenvalue weighted by atomic mass is 9.78. The Kier molecular flexibility index (Phi) is 4.53. The molecule has 0 aliphatic heterocycles. The Bertz CT molecular complexity index is 554. The van der Waals surface area contributed by atoms with E-state index in [1.54, 1.807) is 0 Å². The van der Waals surface area contributed by atoms with Crippen LogP contribution in [0.1, 0.15) is 29.9 Å². The van der Waals surface area contributed by atoms with Crippen molar-refractivity contribution in [2.75, 3.05) is 0 Å². The van der Waals surface area contributed by atoms with Crippen molar-refractivity contribution < 1.29 is 9.90 Å². The molecule has 0 saturated carbocycles. The van der Waals surface area contributed by atoms with Gasteiger partial charge in [0, 0.05) is 5.92 Å². The van der Waals surface area contributed by atoms with Crippen LogP contribution in [-0.4, -0.2) is 17.1 Å². The van der Waals surface area contributed by atoms with Crippen molar-refractivity contribution in [2.24, 2.45) is 5.73 Å². The summed E-state index contributed by atoms with van der Waals surface area (Å²) in [6.07, 6.45) is 0. The van der Waals surface area contributed by atoms with E-state index in [0.29, 0.717) is 0 Å². The summed E-state index contributed by atoms with van der Waals surface area (Å²) in [6, 6.07) is 18.6. The van der Waals surface area contributed by atoms with Crippen molar-refractivity contribution >= 4 is 5.97 Å². The van der Waals surface area contributed by atoms with Gasteiger partial charge in [-0.3, -0.25) is 4.79 Å². The van der Waals surface area contributed by atoms with E-state index in [1.807, 2.05) is 67.6 Å². The highest BCUT2D eigenvalue weighted by molar-refractivity contribution is 5.75. The zero-order chi connectivity index (χ0) is 14.5. The third-order valence-corrected chi connectivity index (χ3v) is 3.72. The van der Waals surface area contributed by atoms with Crippen LogP contribution < -0.4 is 5.73 Å². The summed E-state index contributed by atoms with van der Waals surface area (Å²) in [5, 5.41) is 9.28. The summed E-state index contributed by atoms with van der Waals surface area (Å²) in [5.41, 5.74) is 7.98. The Morgan fingerprint density at radius 1 is 0.950 bits per heavy atom. The molecule has 0 radical (unpaired) electrons. The minimum Gasteiger partial charge on any atom is -0.480 e. The molecule has 0 bridgehead atoms. The quantitative estimate of drug-likeness (QED) is 0.877. The number of carbonyl (C=O) groups is 1. The molecule has 20 heavy (non-hydrogen) atoms. The van der Waals surface area contributed by atoms with Crippen molar-refractivity contribution in [1.29, 1.82) is 0 Å². The molecule has 0 aromatic heterocycles. The zero-order valence-corrected chi connectivity index (χ0v) is 11.4. The van der Waals surface area contributed by atoms with Crippen LogP contribution in [0.4, 0.5) is 0 Å². The van der Waals surface area contributed by atoms with E-state index >= 15 is 0 Å².